The van der Waals surface area contributed by atoms with Gasteiger partial charge in [0.15, 0.2) is 0 Å². The molecule has 2 aromatic heterocycles. The van der Waals surface area contributed by atoms with E-state index in [1.54, 1.807) is 0 Å². The Hall–Kier alpha value is -6.94. The van der Waals surface area contributed by atoms with Gasteiger partial charge in [-0.2, -0.15) is 0 Å². The van der Waals surface area contributed by atoms with E-state index in [0.29, 0.717) is 0 Å². The maximum Gasteiger partial charge on any atom is 0.137 e. The molecule has 0 saturated heterocycles. The van der Waals surface area contributed by atoms with Gasteiger partial charge in [-0.3, -0.25) is 0 Å². The van der Waals surface area contributed by atoms with Crippen LogP contribution in [0.1, 0.15) is 0 Å². The number of fused-ring (bicyclic) bond motifs is 7. The molecule has 0 atom stereocenters. The number of hydrogen-bond acceptors (Lipinski definition) is 3. The SMILES string of the molecule is c1cc(-c2ccc(N(c3ccc4c(c3)oc3ccccc34)c3cccc4sc5ccccc5c34)cc2)cc(-c2cccc(-c3ccc4ccccc4c3)c2)c1. The van der Waals surface area contributed by atoms with Crippen LogP contribution in [0.2, 0.25) is 0 Å². The smallest absolute Gasteiger partial charge is 0.137 e. The summed E-state index contributed by atoms with van der Waals surface area (Å²) < 4.78 is 8.96. The Morgan fingerprint density at radius 2 is 0.927 bits per heavy atom. The first-order chi connectivity index (χ1) is 27.2. The maximum atomic E-state index is 6.41. The van der Waals surface area contributed by atoms with Gasteiger partial charge in [0.25, 0.3) is 0 Å². The summed E-state index contributed by atoms with van der Waals surface area (Å²) in [5.74, 6) is 0. The summed E-state index contributed by atoms with van der Waals surface area (Å²) in [6.45, 7) is 0. The standard InChI is InChI=1S/C52H33NOS/c1-2-11-36-31-41(23-22-34(36)10-1)40-15-8-14-39(32-40)38-13-7-12-37(30-38)35-24-26-42(27-25-35)53(43-28-29-45-44-16-3-5-19-48(44)54-49(45)33-43)47-18-9-21-51-52(47)46-17-4-6-20-50(46)55-51/h1-33H. The minimum absolute atomic E-state index is 0.879. The van der Waals surface area contributed by atoms with Crippen LogP contribution < -0.4 is 4.90 Å². The third kappa shape index (κ3) is 5.48. The van der Waals surface area contributed by atoms with Crippen molar-refractivity contribution in [2.75, 3.05) is 4.90 Å². The van der Waals surface area contributed by atoms with E-state index in [4.69, 9.17) is 4.42 Å². The molecule has 258 valence electrons. The molecule has 0 amide bonds. The second-order valence-electron chi connectivity index (χ2n) is 14.1. The van der Waals surface area contributed by atoms with E-state index in [1.165, 1.54) is 64.3 Å². The normalized spacial score (nSPS) is 11.6. The van der Waals surface area contributed by atoms with Crippen LogP contribution in [0.3, 0.4) is 0 Å². The van der Waals surface area contributed by atoms with Crippen LogP contribution >= 0.6 is 11.3 Å². The number of hydrogen-bond donors (Lipinski definition) is 0. The molecule has 0 radical (unpaired) electrons. The Morgan fingerprint density at radius 3 is 1.73 bits per heavy atom. The van der Waals surface area contributed by atoms with Crippen LogP contribution in [0, 0.1) is 0 Å². The number of thiophene rings is 1. The van der Waals surface area contributed by atoms with Crippen LogP contribution in [0.4, 0.5) is 17.1 Å². The summed E-state index contributed by atoms with van der Waals surface area (Å²) in [6, 6.07) is 72.3. The lowest BCUT2D eigenvalue weighted by Crippen LogP contribution is -2.10. The fourth-order valence-electron chi connectivity index (χ4n) is 8.15. The molecule has 0 unspecified atom stereocenters. The van der Waals surface area contributed by atoms with E-state index in [9.17, 15) is 0 Å². The van der Waals surface area contributed by atoms with E-state index in [2.05, 4.69) is 193 Å². The lowest BCUT2D eigenvalue weighted by Gasteiger charge is -2.26. The van der Waals surface area contributed by atoms with E-state index in [1.807, 2.05) is 23.5 Å². The average molecular weight is 720 g/mol. The molecule has 11 rings (SSSR count). The van der Waals surface area contributed by atoms with Crippen molar-refractivity contribution in [2.45, 2.75) is 0 Å². The third-order valence-corrected chi connectivity index (χ3v) is 12.0. The lowest BCUT2D eigenvalue weighted by molar-refractivity contribution is 0.669. The van der Waals surface area contributed by atoms with Crippen molar-refractivity contribution in [1.82, 2.24) is 0 Å². The first kappa shape index (κ1) is 31.6. The Labute approximate surface area is 322 Å². The maximum absolute atomic E-state index is 6.41. The van der Waals surface area contributed by atoms with E-state index < -0.39 is 0 Å². The summed E-state index contributed by atoms with van der Waals surface area (Å²) in [7, 11) is 0. The highest BCUT2D eigenvalue weighted by Crippen LogP contribution is 2.46. The van der Waals surface area contributed by atoms with Crippen LogP contribution in [-0.4, -0.2) is 0 Å². The van der Waals surface area contributed by atoms with Gasteiger partial charge < -0.3 is 9.32 Å². The Bertz CT molecular complexity index is 3220. The molecular formula is C52H33NOS. The van der Waals surface area contributed by atoms with Gasteiger partial charge in [-0.05, 0) is 111 Å². The minimum atomic E-state index is 0.879. The summed E-state index contributed by atoms with van der Waals surface area (Å²) >= 11 is 1.84. The predicted octanol–water partition coefficient (Wildman–Crippen LogP) is 15.6. The zero-order valence-electron chi connectivity index (χ0n) is 29.8. The Morgan fingerprint density at radius 1 is 0.345 bits per heavy atom. The molecular weight excluding hydrogens is 687 g/mol. The summed E-state index contributed by atoms with van der Waals surface area (Å²) in [6.07, 6.45) is 0. The van der Waals surface area contributed by atoms with Gasteiger partial charge >= 0.3 is 0 Å². The van der Waals surface area contributed by atoms with Crippen molar-refractivity contribution in [1.29, 1.82) is 0 Å². The molecule has 9 aromatic carbocycles. The fourth-order valence-corrected chi connectivity index (χ4v) is 9.28. The molecule has 0 aliphatic carbocycles. The van der Waals surface area contributed by atoms with Gasteiger partial charge in [0.2, 0.25) is 0 Å². The summed E-state index contributed by atoms with van der Waals surface area (Å²) in [4.78, 5) is 2.38. The number of benzene rings is 9. The largest absolute Gasteiger partial charge is 0.456 e. The molecule has 11 aromatic rings. The third-order valence-electron chi connectivity index (χ3n) is 10.8. The first-order valence-electron chi connectivity index (χ1n) is 18.7. The molecule has 0 fully saturated rings. The molecule has 0 aliphatic heterocycles. The molecule has 2 nitrogen and oxygen atoms in total. The number of para-hydroxylation sites is 1. The van der Waals surface area contributed by atoms with Crippen molar-refractivity contribution in [3.63, 3.8) is 0 Å². The van der Waals surface area contributed by atoms with Gasteiger partial charge in [0.05, 0.1) is 5.69 Å². The lowest BCUT2D eigenvalue weighted by atomic mass is 9.95. The quantitative estimate of drug-likeness (QED) is 0.170. The predicted molar refractivity (Wildman–Crippen MR) is 235 cm³/mol. The van der Waals surface area contributed by atoms with E-state index in [0.717, 1.165) is 39.0 Å². The minimum Gasteiger partial charge on any atom is -0.456 e. The monoisotopic (exact) mass is 719 g/mol. The zero-order chi connectivity index (χ0) is 36.3. The molecule has 55 heavy (non-hydrogen) atoms. The number of anilines is 3. The number of nitrogens with zero attached hydrogens (tertiary/aromatic N) is 1. The summed E-state index contributed by atoms with van der Waals surface area (Å²) in [5.41, 5.74) is 12.2. The Kier molecular flexibility index (Phi) is 7.39. The van der Waals surface area contributed by atoms with Gasteiger partial charge in [-0.15, -0.1) is 11.3 Å². The van der Waals surface area contributed by atoms with Crippen molar-refractivity contribution < 1.29 is 4.42 Å². The van der Waals surface area contributed by atoms with Crippen molar-refractivity contribution in [3.8, 4) is 33.4 Å². The van der Waals surface area contributed by atoms with Gasteiger partial charge in [-0.1, -0.05) is 127 Å². The van der Waals surface area contributed by atoms with Crippen molar-refractivity contribution >= 4 is 81.3 Å². The number of rotatable bonds is 6. The number of furan rings is 1. The summed E-state index contributed by atoms with van der Waals surface area (Å²) in [5, 5.41) is 7.30. The second-order valence-corrected chi connectivity index (χ2v) is 15.2. The van der Waals surface area contributed by atoms with Crippen molar-refractivity contribution in [2.24, 2.45) is 0 Å². The van der Waals surface area contributed by atoms with Crippen LogP contribution in [0.25, 0.3) is 86.3 Å². The highest BCUT2D eigenvalue weighted by atomic mass is 32.1. The second kappa shape index (κ2) is 12.9. The highest BCUT2D eigenvalue weighted by molar-refractivity contribution is 7.26. The fraction of sp³-hybridized carbons (Fsp3) is 0. The highest BCUT2D eigenvalue weighted by Gasteiger charge is 2.20. The molecule has 0 saturated carbocycles. The van der Waals surface area contributed by atoms with Crippen LogP contribution in [-0.2, 0) is 0 Å². The van der Waals surface area contributed by atoms with Gasteiger partial charge in [0.1, 0.15) is 11.2 Å². The van der Waals surface area contributed by atoms with E-state index >= 15 is 0 Å². The molecule has 0 N–H and O–H groups in total. The Balaban J connectivity index is 0.993. The molecule has 0 aliphatic rings. The van der Waals surface area contributed by atoms with Gasteiger partial charge in [-0.25, -0.2) is 0 Å². The zero-order valence-corrected chi connectivity index (χ0v) is 30.6. The molecule has 2 heterocycles. The molecule has 0 spiro atoms. The molecule has 3 heteroatoms. The van der Waals surface area contributed by atoms with Crippen molar-refractivity contribution in [3.05, 3.63) is 200 Å². The topological polar surface area (TPSA) is 16.4 Å². The average Bonchev–Trinajstić information content (AvgIpc) is 3.82. The first-order valence-corrected chi connectivity index (χ1v) is 19.5. The van der Waals surface area contributed by atoms with Crippen LogP contribution in [0.15, 0.2) is 205 Å². The molecule has 0 bridgehead atoms. The van der Waals surface area contributed by atoms with Crippen LogP contribution in [0.5, 0.6) is 0 Å². The van der Waals surface area contributed by atoms with E-state index in [-0.39, 0.29) is 0 Å². The van der Waals surface area contributed by atoms with Gasteiger partial charge in [0, 0.05) is 48.4 Å².